The molecule has 1 fully saturated rings. The van der Waals surface area contributed by atoms with Crippen molar-refractivity contribution in [1.29, 1.82) is 0 Å². The number of aliphatic carboxylic acids is 1. The number of nitrogens with zero attached hydrogens (tertiary/aromatic N) is 1. The Hall–Kier alpha value is -0.575. The van der Waals surface area contributed by atoms with E-state index in [1.165, 1.54) is 0 Å². The summed E-state index contributed by atoms with van der Waals surface area (Å²) in [7, 11) is -4.29. The molecule has 1 amide bonds. The van der Waals surface area contributed by atoms with Crippen LogP contribution in [0.3, 0.4) is 0 Å². The molecular weight excluding hydrogens is 425 g/mol. The zero-order valence-corrected chi connectivity index (χ0v) is 19.8. The first-order valence-corrected chi connectivity index (χ1v) is 11.9. The van der Waals surface area contributed by atoms with Gasteiger partial charge in [0.2, 0.25) is 0 Å². The van der Waals surface area contributed by atoms with E-state index >= 15 is 0 Å². The maximum absolute atomic E-state index is 12.8. The van der Waals surface area contributed by atoms with Crippen LogP contribution in [0.25, 0.3) is 0 Å². The molecule has 1 heterocycles. The number of hydrogen-bond donors (Lipinski definition) is 1. The third-order valence-corrected chi connectivity index (χ3v) is 6.35. The number of hydrogen-bond acceptors (Lipinski definition) is 8. The van der Waals surface area contributed by atoms with Gasteiger partial charge in [0, 0.05) is 6.16 Å². The summed E-state index contributed by atoms with van der Waals surface area (Å²) in [6.07, 6.45) is 1.52. The Morgan fingerprint density at radius 3 is 2.50 bits per heavy atom. The SMILES string of the molecule is NCCCC[C@H](OP(=O)([O-])CCCCc1ccccc1)C(=O)N1COC[C@H]1C(=O)[O-].[Li+].[Li+]. The molecule has 1 aliphatic rings. The molecule has 1 saturated heterocycles. The summed E-state index contributed by atoms with van der Waals surface area (Å²) in [5, 5.41) is 11.2. The van der Waals surface area contributed by atoms with Gasteiger partial charge in [-0.25, -0.2) is 0 Å². The molecule has 1 unspecified atom stereocenters. The number of carbonyl (C=O) groups is 2. The van der Waals surface area contributed by atoms with Crippen LogP contribution in [-0.4, -0.2) is 55.0 Å². The van der Waals surface area contributed by atoms with Gasteiger partial charge >= 0.3 is 37.7 Å². The van der Waals surface area contributed by atoms with Crippen LogP contribution in [0.2, 0.25) is 0 Å². The van der Waals surface area contributed by atoms with Crippen LogP contribution < -0.4 is 53.5 Å². The number of carbonyl (C=O) groups excluding carboxylic acids is 2. The molecule has 0 aliphatic carbocycles. The Morgan fingerprint density at radius 2 is 1.88 bits per heavy atom. The predicted molar refractivity (Wildman–Crippen MR) is 106 cm³/mol. The third kappa shape index (κ3) is 10.6. The van der Waals surface area contributed by atoms with E-state index in [0.717, 1.165) is 16.9 Å². The van der Waals surface area contributed by atoms with Gasteiger partial charge in [0.25, 0.3) is 5.91 Å². The molecule has 0 spiro atoms. The average molecular weight is 454 g/mol. The Balaban J connectivity index is 0.00000480. The van der Waals surface area contributed by atoms with E-state index in [2.05, 4.69) is 0 Å². The fourth-order valence-electron chi connectivity index (χ4n) is 3.26. The Morgan fingerprint density at radius 1 is 1.19 bits per heavy atom. The van der Waals surface area contributed by atoms with Gasteiger partial charge in [-0.1, -0.05) is 30.3 Å². The molecule has 0 aromatic heterocycles. The predicted octanol–water partition coefficient (Wildman–Crippen LogP) is -5.98. The monoisotopic (exact) mass is 454 g/mol. The molecule has 32 heavy (non-hydrogen) atoms. The van der Waals surface area contributed by atoms with Crippen molar-refractivity contribution >= 4 is 19.5 Å². The summed E-state index contributed by atoms with van der Waals surface area (Å²) >= 11 is 0. The van der Waals surface area contributed by atoms with Crippen molar-refractivity contribution in [3.8, 4) is 0 Å². The Labute approximate surface area is 213 Å². The summed E-state index contributed by atoms with van der Waals surface area (Å²) in [5.74, 6) is -2.17. The van der Waals surface area contributed by atoms with Crippen molar-refractivity contribution in [2.75, 3.05) is 26.0 Å². The van der Waals surface area contributed by atoms with E-state index in [1.54, 1.807) is 0 Å². The van der Waals surface area contributed by atoms with Gasteiger partial charge in [-0.2, -0.15) is 0 Å². The first-order valence-electron chi connectivity index (χ1n) is 10.2. The van der Waals surface area contributed by atoms with E-state index in [9.17, 15) is 24.2 Å². The second-order valence-electron chi connectivity index (χ2n) is 7.30. The van der Waals surface area contributed by atoms with Gasteiger partial charge in [-0.05, 0) is 50.6 Å². The second kappa shape index (κ2) is 16.1. The summed E-state index contributed by atoms with van der Waals surface area (Å²) in [4.78, 5) is 37.4. The number of aryl methyl sites for hydroxylation is 1. The first kappa shape index (κ1) is 31.4. The van der Waals surface area contributed by atoms with Crippen molar-refractivity contribution < 1.29 is 71.1 Å². The molecule has 2 N–H and O–H groups in total. The fraction of sp³-hybridized carbons (Fsp3) is 0.600. The molecular formula is C20H29Li2N2O7P. The normalized spacial score (nSPS) is 18.2. The minimum atomic E-state index is -4.29. The van der Waals surface area contributed by atoms with Crippen molar-refractivity contribution in [2.45, 2.75) is 50.7 Å². The number of carboxylic acid groups (broad SMARTS) is 1. The largest absolute Gasteiger partial charge is 1.00 e. The van der Waals surface area contributed by atoms with Crippen molar-refractivity contribution in [2.24, 2.45) is 5.73 Å². The van der Waals surface area contributed by atoms with Crippen molar-refractivity contribution in [1.82, 2.24) is 4.90 Å². The van der Waals surface area contributed by atoms with E-state index < -0.39 is 31.6 Å². The summed E-state index contributed by atoms with van der Waals surface area (Å²) < 4.78 is 22.7. The number of rotatable bonds is 13. The van der Waals surface area contributed by atoms with E-state index in [1.807, 2.05) is 30.3 Å². The van der Waals surface area contributed by atoms with Crippen molar-refractivity contribution in [3.05, 3.63) is 35.9 Å². The second-order valence-corrected chi connectivity index (χ2v) is 9.18. The molecule has 9 nitrogen and oxygen atoms in total. The fourth-order valence-corrected chi connectivity index (χ4v) is 4.56. The molecule has 0 radical (unpaired) electrons. The van der Waals surface area contributed by atoms with Crippen LogP contribution in [-0.2, 0) is 29.8 Å². The third-order valence-electron chi connectivity index (χ3n) is 4.91. The van der Waals surface area contributed by atoms with Gasteiger partial charge in [-0.15, -0.1) is 0 Å². The summed E-state index contributed by atoms with van der Waals surface area (Å²) in [6.45, 7) is -0.0451. The molecule has 2 rings (SSSR count). The van der Waals surface area contributed by atoms with Crippen LogP contribution in [0.5, 0.6) is 0 Å². The molecule has 1 aromatic carbocycles. The standard InChI is InChI=1S/C20H31N2O7P.2Li/c21-12-6-4-11-18(19(23)22-15-28-14-17(22)20(24)25)29-30(26,27)13-7-5-10-16-8-2-1-3-9-16;;/h1-3,8-9,17-18H,4-7,10-15,21H2,(H,24,25)(H,26,27);;/q;2*+1/p-2/t17-,18-;;/m0../s1. The number of nitrogens with two attached hydrogens (primary N) is 1. The van der Waals surface area contributed by atoms with Gasteiger partial charge in [0.15, 0.2) is 0 Å². The van der Waals surface area contributed by atoms with E-state index in [0.29, 0.717) is 32.2 Å². The number of unbranched alkanes of at least 4 members (excludes halogenated alkanes) is 2. The average Bonchev–Trinajstić information content (AvgIpc) is 3.21. The summed E-state index contributed by atoms with van der Waals surface area (Å²) in [6, 6.07) is 8.47. The Bertz CT molecular complexity index is 742. The molecule has 1 aromatic rings. The van der Waals surface area contributed by atoms with Crippen LogP contribution >= 0.6 is 7.60 Å². The maximum atomic E-state index is 12.8. The number of ether oxygens (including phenoxy) is 1. The van der Waals surface area contributed by atoms with Crippen LogP contribution in [0.4, 0.5) is 0 Å². The molecule has 168 valence electrons. The van der Waals surface area contributed by atoms with Gasteiger partial charge in [-0.3, -0.25) is 4.79 Å². The zero-order chi connectivity index (χ0) is 22.0. The number of amides is 1. The van der Waals surface area contributed by atoms with Gasteiger partial charge < -0.3 is 39.3 Å². The molecule has 0 saturated carbocycles. The Kier molecular flexibility index (Phi) is 15.8. The van der Waals surface area contributed by atoms with Crippen LogP contribution in [0, 0.1) is 0 Å². The van der Waals surface area contributed by atoms with E-state index in [-0.39, 0.29) is 63.6 Å². The molecule has 12 heteroatoms. The molecule has 1 aliphatic heterocycles. The number of carboxylic acids is 1. The smallest absolute Gasteiger partial charge is 0.778 e. The minimum absolute atomic E-state index is 0. The van der Waals surface area contributed by atoms with Crippen molar-refractivity contribution in [3.63, 3.8) is 0 Å². The van der Waals surface area contributed by atoms with Crippen LogP contribution in [0.1, 0.15) is 37.7 Å². The van der Waals surface area contributed by atoms with E-state index in [4.69, 9.17) is 15.0 Å². The first-order chi connectivity index (χ1) is 14.3. The molecule has 0 bridgehead atoms. The van der Waals surface area contributed by atoms with Gasteiger partial charge in [0.05, 0.1) is 18.6 Å². The zero-order valence-electron chi connectivity index (χ0n) is 18.9. The maximum Gasteiger partial charge on any atom is 1.00 e. The van der Waals surface area contributed by atoms with Crippen LogP contribution in [0.15, 0.2) is 30.3 Å². The number of benzene rings is 1. The topological polar surface area (TPSA) is 145 Å². The quantitative estimate of drug-likeness (QED) is 0.176. The minimum Gasteiger partial charge on any atom is -0.778 e. The van der Waals surface area contributed by atoms with Gasteiger partial charge in [0.1, 0.15) is 20.4 Å². The molecule has 3 atom stereocenters. The summed E-state index contributed by atoms with van der Waals surface area (Å²) in [5.41, 5.74) is 6.59.